The van der Waals surface area contributed by atoms with E-state index >= 15 is 0 Å². The van der Waals surface area contributed by atoms with Crippen LogP contribution in [0.1, 0.15) is 39.0 Å². The van der Waals surface area contributed by atoms with Gasteiger partial charge in [-0.05, 0) is 25.3 Å². The summed E-state index contributed by atoms with van der Waals surface area (Å²) in [6, 6.07) is 0. The maximum absolute atomic E-state index is 12.1. The van der Waals surface area contributed by atoms with E-state index in [2.05, 4.69) is 4.18 Å². The lowest BCUT2D eigenvalue weighted by atomic mass is 9.88. The quantitative estimate of drug-likeness (QED) is 0.578. The first-order valence-electron chi connectivity index (χ1n) is 5.90. The highest BCUT2D eigenvalue weighted by Crippen LogP contribution is 2.31. The van der Waals surface area contributed by atoms with Crippen LogP contribution in [0.25, 0.3) is 0 Å². The number of halogens is 3. The van der Waals surface area contributed by atoms with Gasteiger partial charge in [0.25, 0.3) is 0 Å². The van der Waals surface area contributed by atoms with E-state index in [1.54, 1.807) is 0 Å². The highest BCUT2D eigenvalue weighted by atomic mass is 32.2. The molecule has 1 rings (SSSR count). The van der Waals surface area contributed by atoms with Crippen molar-refractivity contribution < 1.29 is 30.6 Å². The molecular formula is C11H15F3O4S. The Hall–Kier alpha value is -1.05. The first kappa shape index (κ1) is 16.0. The number of carbonyl (C=O) groups excluding carboxylic acids is 1. The standard InChI is InChI=1S/C11H15F3O4S/c1-2-3-10(15)8-4-6-9(7-5-8)18-19(16,17)11(12,13)14/h6,8H,2-5,7H2,1H3. The van der Waals surface area contributed by atoms with Gasteiger partial charge in [0.05, 0.1) is 0 Å². The summed E-state index contributed by atoms with van der Waals surface area (Å²) in [6.45, 7) is 1.86. The average molecular weight is 300 g/mol. The van der Waals surface area contributed by atoms with Gasteiger partial charge in [0.1, 0.15) is 11.5 Å². The zero-order valence-corrected chi connectivity index (χ0v) is 11.2. The molecule has 4 nitrogen and oxygen atoms in total. The summed E-state index contributed by atoms with van der Waals surface area (Å²) in [5, 5.41) is 0. The number of alkyl halides is 3. The van der Waals surface area contributed by atoms with Gasteiger partial charge in [-0.2, -0.15) is 21.6 Å². The van der Waals surface area contributed by atoms with Crippen LogP contribution in [0.4, 0.5) is 13.2 Å². The summed E-state index contributed by atoms with van der Waals surface area (Å²) in [7, 11) is -5.60. The van der Waals surface area contributed by atoms with Crippen LogP contribution >= 0.6 is 0 Å². The second-order valence-electron chi connectivity index (χ2n) is 4.34. The van der Waals surface area contributed by atoms with Crippen LogP contribution in [0.15, 0.2) is 11.8 Å². The number of rotatable bonds is 5. The maximum atomic E-state index is 12.1. The third kappa shape index (κ3) is 4.22. The molecule has 110 valence electrons. The fourth-order valence-corrected chi connectivity index (χ4v) is 2.34. The molecule has 1 aliphatic carbocycles. The molecule has 0 aromatic rings. The number of carbonyl (C=O) groups is 1. The molecule has 0 fully saturated rings. The predicted molar refractivity (Wildman–Crippen MR) is 61.4 cm³/mol. The van der Waals surface area contributed by atoms with Gasteiger partial charge in [0, 0.05) is 18.8 Å². The Kier molecular flexibility index (Phi) is 5.00. The fraction of sp³-hybridized carbons (Fsp3) is 0.727. The van der Waals surface area contributed by atoms with Crippen LogP contribution in [-0.4, -0.2) is 19.7 Å². The fourth-order valence-electron chi connectivity index (χ4n) is 1.82. The molecule has 0 N–H and O–H groups in total. The van der Waals surface area contributed by atoms with Crippen LogP contribution < -0.4 is 0 Å². The van der Waals surface area contributed by atoms with Crippen LogP contribution in [0.5, 0.6) is 0 Å². The molecule has 0 aliphatic heterocycles. The van der Waals surface area contributed by atoms with Gasteiger partial charge in [-0.3, -0.25) is 4.79 Å². The third-order valence-electron chi connectivity index (χ3n) is 2.82. The monoisotopic (exact) mass is 300 g/mol. The first-order valence-corrected chi connectivity index (χ1v) is 7.30. The number of hydrogen-bond acceptors (Lipinski definition) is 4. The lowest BCUT2D eigenvalue weighted by molar-refractivity contribution is -0.123. The maximum Gasteiger partial charge on any atom is 0.534 e. The topological polar surface area (TPSA) is 60.4 Å². The van der Waals surface area contributed by atoms with E-state index in [1.807, 2.05) is 6.92 Å². The molecule has 1 atom stereocenters. The van der Waals surface area contributed by atoms with Crippen molar-refractivity contribution >= 4 is 15.9 Å². The Labute approximate surface area is 109 Å². The molecular weight excluding hydrogens is 285 g/mol. The van der Waals surface area contributed by atoms with Crippen molar-refractivity contribution in [3.05, 3.63) is 11.8 Å². The molecule has 0 radical (unpaired) electrons. The second-order valence-corrected chi connectivity index (χ2v) is 5.88. The van der Waals surface area contributed by atoms with Crippen molar-refractivity contribution in [2.45, 2.75) is 44.5 Å². The van der Waals surface area contributed by atoms with Gasteiger partial charge >= 0.3 is 15.6 Å². The smallest absolute Gasteiger partial charge is 0.381 e. The molecule has 1 aliphatic rings. The summed E-state index contributed by atoms with van der Waals surface area (Å²) in [5.41, 5.74) is -5.43. The van der Waals surface area contributed by atoms with Crippen molar-refractivity contribution in [3.8, 4) is 0 Å². The minimum Gasteiger partial charge on any atom is -0.381 e. The molecule has 0 spiro atoms. The Morgan fingerprint density at radius 2 is 2.11 bits per heavy atom. The summed E-state index contributed by atoms with van der Waals surface area (Å²) in [5.74, 6) is -0.435. The van der Waals surface area contributed by atoms with Crippen molar-refractivity contribution in [3.63, 3.8) is 0 Å². The Balaban J connectivity index is 2.64. The molecule has 0 aromatic heterocycles. The Morgan fingerprint density at radius 3 is 2.53 bits per heavy atom. The third-order valence-corrected chi connectivity index (χ3v) is 3.82. The highest BCUT2D eigenvalue weighted by molar-refractivity contribution is 7.87. The summed E-state index contributed by atoms with van der Waals surface area (Å²) < 4.78 is 61.9. The van der Waals surface area contributed by atoms with Crippen molar-refractivity contribution in [1.82, 2.24) is 0 Å². The number of Topliss-reactive ketones (excluding diaryl/α,β-unsaturated/α-hetero) is 1. The number of ketones is 1. The normalized spacial score (nSPS) is 20.8. The van der Waals surface area contributed by atoms with Gasteiger partial charge in [0.15, 0.2) is 0 Å². The molecule has 0 heterocycles. The lowest BCUT2D eigenvalue weighted by Gasteiger charge is -2.21. The Bertz CT molecular complexity index is 465. The summed E-state index contributed by atoms with van der Waals surface area (Å²) in [6.07, 6.45) is 2.96. The summed E-state index contributed by atoms with van der Waals surface area (Å²) in [4.78, 5) is 11.6. The highest BCUT2D eigenvalue weighted by Gasteiger charge is 2.49. The number of allylic oxidation sites excluding steroid dienone is 2. The van der Waals surface area contributed by atoms with Crippen LogP contribution in [0.3, 0.4) is 0 Å². The molecule has 1 unspecified atom stereocenters. The predicted octanol–water partition coefficient (Wildman–Crippen LogP) is 2.91. The largest absolute Gasteiger partial charge is 0.534 e. The zero-order valence-electron chi connectivity index (χ0n) is 10.4. The van der Waals surface area contributed by atoms with Gasteiger partial charge < -0.3 is 4.18 Å². The molecule has 0 bridgehead atoms. The average Bonchev–Trinajstić information content (AvgIpc) is 2.28. The van der Waals surface area contributed by atoms with E-state index < -0.39 is 15.6 Å². The summed E-state index contributed by atoms with van der Waals surface area (Å²) >= 11 is 0. The molecule has 0 saturated carbocycles. The Morgan fingerprint density at radius 1 is 1.47 bits per heavy atom. The van der Waals surface area contributed by atoms with Gasteiger partial charge in [0.2, 0.25) is 0 Å². The van der Waals surface area contributed by atoms with Gasteiger partial charge in [-0.25, -0.2) is 0 Å². The van der Waals surface area contributed by atoms with E-state index in [4.69, 9.17) is 0 Å². The molecule has 8 heteroatoms. The molecule has 0 aromatic carbocycles. The van der Waals surface area contributed by atoms with Crippen molar-refractivity contribution in [2.75, 3.05) is 0 Å². The van der Waals surface area contributed by atoms with Gasteiger partial charge in [-0.1, -0.05) is 6.92 Å². The minimum atomic E-state index is -5.60. The van der Waals surface area contributed by atoms with E-state index in [9.17, 15) is 26.4 Å². The van der Waals surface area contributed by atoms with Crippen LogP contribution in [0.2, 0.25) is 0 Å². The number of hydrogen-bond donors (Lipinski definition) is 0. The lowest BCUT2D eigenvalue weighted by Crippen LogP contribution is -2.26. The second kappa shape index (κ2) is 5.94. The zero-order chi connectivity index (χ0) is 14.7. The van der Waals surface area contributed by atoms with Crippen molar-refractivity contribution in [2.24, 2.45) is 5.92 Å². The van der Waals surface area contributed by atoms with Crippen LogP contribution in [0, 0.1) is 5.92 Å². The minimum absolute atomic E-state index is 0.0232. The first-order chi connectivity index (χ1) is 8.67. The van der Waals surface area contributed by atoms with Crippen molar-refractivity contribution in [1.29, 1.82) is 0 Å². The van der Waals surface area contributed by atoms with Crippen LogP contribution in [-0.2, 0) is 19.1 Å². The SMILES string of the molecule is CCCC(=O)C1CC=C(OS(=O)(=O)C(F)(F)F)CC1. The molecule has 0 amide bonds. The van der Waals surface area contributed by atoms with Gasteiger partial charge in [-0.15, -0.1) is 0 Å². The van der Waals surface area contributed by atoms with E-state index in [0.29, 0.717) is 19.3 Å². The van der Waals surface area contributed by atoms with E-state index in [-0.39, 0.29) is 30.3 Å². The molecule has 19 heavy (non-hydrogen) atoms. The van der Waals surface area contributed by atoms with E-state index in [0.717, 1.165) is 0 Å². The molecule has 0 saturated heterocycles. The van der Waals surface area contributed by atoms with E-state index in [1.165, 1.54) is 6.08 Å².